The summed E-state index contributed by atoms with van der Waals surface area (Å²) in [6, 6.07) is 5.60. The normalized spacial score (nSPS) is 14.2. The van der Waals surface area contributed by atoms with Crippen LogP contribution in [-0.2, 0) is 9.53 Å². The van der Waals surface area contributed by atoms with Crippen LogP contribution in [0.25, 0.3) is 4.91 Å². The maximum Gasteiger partial charge on any atom is 0.307 e. The number of hydrogen-bond donors (Lipinski definition) is 1. The van der Waals surface area contributed by atoms with Crippen molar-refractivity contribution in [2.45, 2.75) is 26.2 Å². The van der Waals surface area contributed by atoms with Crippen LogP contribution in [0.15, 0.2) is 36.0 Å². The zero-order valence-corrected chi connectivity index (χ0v) is 13.9. The van der Waals surface area contributed by atoms with Gasteiger partial charge in [0, 0.05) is 29.4 Å². The molecule has 118 valence electrons. The van der Waals surface area contributed by atoms with Crippen LogP contribution in [0.1, 0.15) is 37.3 Å². The highest BCUT2D eigenvalue weighted by molar-refractivity contribution is 8.11. The van der Waals surface area contributed by atoms with E-state index in [1.165, 1.54) is 7.11 Å². The summed E-state index contributed by atoms with van der Waals surface area (Å²) in [7, 11) is 1.40. The summed E-state index contributed by atoms with van der Waals surface area (Å²) in [5.74, 6) is 0.332. The van der Waals surface area contributed by atoms with Crippen molar-refractivity contribution in [2.24, 2.45) is 0 Å². The number of hydrogen-bond acceptors (Lipinski definition) is 5. The predicted molar refractivity (Wildman–Crippen MR) is 90.2 cm³/mol. The monoisotopic (exact) mass is 319 g/mol. The van der Waals surface area contributed by atoms with Crippen molar-refractivity contribution >= 4 is 22.6 Å². The van der Waals surface area contributed by atoms with Crippen molar-refractivity contribution in [3.05, 3.63) is 47.1 Å². The van der Waals surface area contributed by atoms with E-state index in [1.807, 2.05) is 34.8 Å². The summed E-state index contributed by atoms with van der Waals surface area (Å²) >= 11 is 1.61. The second kappa shape index (κ2) is 7.40. The van der Waals surface area contributed by atoms with Crippen LogP contribution in [0.4, 0.5) is 0 Å². The number of phenolic OH excluding ortho intramolecular Hbond substituents is 1. The Balaban J connectivity index is 2.24. The van der Waals surface area contributed by atoms with Gasteiger partial charge in [0.2, 0.25) is 0 Å². The number of ether oxygens (including phenoxy) is 1. The third-order valence-corrected chi connectivity index (χ3v) is 4.30. The van der Waals surface area contributed by atoms with Gasteiger partial charge in [0.1, 0.15) is 5.75 Å². The molecule has 0 aliphatic carbocycles. The van der Waals surface area contributed by atoms with Crippen molar-refractivity contribution in [1.82, 2.24) is 4.90 Å². The lowest BCUT2D eigenvalue weighted by Crippen LogP contribution is -2.17. The summed E-state index contributed by atoms with van der Waals surface area (Å²) in [5, 5.41) is 12.1. The molecule has 0 spiro atoms. The van der Waals surface area contributed by atoms with E-state index >= 15 is 0 Å². The molecular weight excluding hydrogens is 298 g/mol. The molecule has 2 rings (SSSR count). The van der Waals surface area contributed by atoms with Crippen molar-refractivity contribution in [3.8, 4) is 5.75 Å². The van der Waals surface area contributed by atoms with Gasteiger partial charge in [-0.3, -0.25) is 4.79 Å². The molecule has 0 saturated carbocycles. The largest absolute Gasteiger partial charge is 0.508 e. The van der Waals surface area contributed by atoms with Crippen LogP contribution < -0.4 is 0 Å². The molecule has 0 unspecified atom stereocenters. The number of phenols is 1. The van der Waals surface area contributed by atoms with E-state index in [1.54, 1.807) is 17.8 Å². The van der Waals surface area contributed by atoms with Crippen LogP contribution >= 0.6 is 11.8 Å². The molecule has 1 N–H and O–H groups in total. The van der Waals surface area contributed by atoms with Crippen molar-refractivity contribution in [2.75, 3.05) is 13.7 Å². The Labute approximate surface area is 135 Å². The number of benzene rings is 1. The third kappa shape index (κ3) is 3.85. The van der Waals surface area contributed by atoms with E-state index in [-0.39, 0.29) is 11.9 Å². The minimum Gasteiger partial charge on any atom is -0.508 e. The van der Waals surface area contributed by atoms with Crippen LogP contribution in [-0.4, -0.2) is 29.6 Å². The summed E-state index contributed by atoms with van der Waals surface area (Å²) in [5.41, 5.74) is 1.98. The zero-order valence-electron chi connectivity index (χ0n) is 13.1. The van der Waals surface area contributed by atoms with Gasteiger partial charge in [0.25, 0.3) is 0 Å². The maximum atomic E-state index is 11.3. The lowest BCUT2D eigenvalue weighted by atomic mass is 9.96. The first-order chi connectivity index (χ1) is 10.5. The number of rotatable bonds is 5. The van der Waals surface area contributed by atoms with Crippen LogP contribution in [0.5, 0.6) is 5.75 Å². The van der Waals surface area contributed by atoms with Crippen LogP contribution in [0.2, 0.25) is 0 Å². The fourth-order valence-corrected chi connectivity index (χ4v) is 3.24. The Morgan fingerprint density at radius 3 is 2.86 bits per heavy atom. The smallest absolute Gasteiger partial charge is 0.307 e. The maximum absolute atomic E-state index is 11.3. The zero-order chi connectivity index (χ0) is 16.1. The van der Waals surface area contributed by atoms with E-state index in [2.05, 4.69) is 18.6 Å². The van der Waals surface area contributed by atoms with Gasteiger partial charge in [-0.25, -0.2) is 0 Å². The lowest BCUT2D eigenvalue weighted by Gasteiger charge is -2.23. The SMILES string of the molecule is COC(=O)CCN1C=CSC(c2cccc(O)c2C(C)C)=C1. The second-order valence-corrected chi connectivity index (χ2v) is 6.30. The molecule has 1 aliphatic heterocycles. The molecule has 0 aromatic heterocycles. The molecule has 0 bridgehead atoms. The van der Waals surface area contributed by atoms with E-state index in [0.29, 0.717) is 18.7 Å². The average molecular weight is 319 g/mol. The average Bonchev–Trinajstić information content (AvgIpc) is 2.52. The molecule has 0 atom stereocenters. The molecule has 5 heteroatoms. The molecule has 0 fully saturated rings. The topological polar surface area (TPSA) is 49.8 Å². The Bertz CT molecular complexity index is 608. The molecular formula is C17H21NO3S. The van der Waals surface area contributed by atoms with Gasteiger partial charge >= 0.3 is 5.97 Å². The fourth-order valence-electron chi connectivity index (χ4n) is 2.38. The van der Waals surface area contributed by atoms with E-state index in [4.69, 9.17) is 0 Å². The Morgan fingerprint density at radius 1 is 1.41 bits per heavy atom. The Morgan fingerprint density at radius 2 is 2.18 bits per heavy atom. The predicted octanol–water partition coefficient (Wildman–Crippen LogP) is 3.90. The van der Waals surface area contributed by atoms with Gasteiger partial charge < -0.3 is 14.7 Å². The summed E-state index contributed by atoms with van der Waals surface area (Å²) in [4.78, 5) is 14.3. The second-order valence-electron chi connectivity index (χ2n) is 5.35. The van der Waals surface area contributed by atoms with E-state index in [9.17, 15) is 9.90 Å². The van der Waals surface area contributed by atoms with Gasteiger partial charge in [-0.2, -0.15) is 0 Å². The molecule has 0 amide bonds. The first kappa shape index (κ1) is 16.5. The third-order valence-electron chi connectivity index (χ3n) is 3.46. The highest BCUT2D eigenvalue weighted by atomic mass is 32.2. The van der Waals surface area contributed by atoms with E-state index < -0.39 is 0 Å². The molecule has 0 saturated heterocycles. The van der Waals surface area contributed by atoms with Crippen LogP contribution in [0, 0.1) is 0 Å². The molecule has 1 aromatic rings. The highest BCUT2D eigenvalue weighted by Gasteiger charge is 2.17. The molecule has 22 heavy (non-hydrogen) atoms. The van der Waals surface area contributed by atoms with Gasteiger partial charge in [-0.15, -0.1) is 0 Å². The van der Waals surface area contributed by atoms with Gasteiger partial charge in [-0.1, -0.05) is 37.7 Å². The minimum absolute atomic E-state index is 0.221. The van der Waals surface area contributed by atoms with Crippen LogP contribution in [0.3, 0.4) is 0 Å². The number of carbonyl (C=O) groups excluding carboxylic acids is 1. The molecule has 1 aliphatic rings. The molecule has 0 radical (unpaired) electrons. The number of carbonyl (C=O) groups is 1. The molecule has 1 aromatic carbocycles. The number of nitrogens with zero attached hydrogens (tertiary/aromatic N) is 1. The Hall–Kier alpha value is -1.88. The highest BCUT2D eigenvalue weighted by Crippen LogP contribution is 2.39. The molecule has 1 heterocycles. The van der Waals surface area contributed by atoms with Crippen molar-refractivity contribution < 1.29 is 14.6 Å². The van der Waals surface area contributed by atoms with Gasteiger partial charge in [-0.05, 0) is 23.0 Å². The standard InChI is InChI=1S/C17H21NO3S/c1-12(2)17-13(5-4-6-14(17)19)15-11-18(9-10-22-15)8-7-16(20)21-3/h4-6,9-12,19H,7-8H2,1-3H3. The first-order valence-corrected chi connectivity index (χ1v) is 8.11. The van der Waals surface area contributed by atoms with Gasteiger partial charge in [0.05, 0.1) is 13.5 Å². The number of aromatic hydroxyl groups is 1. The van der Waals surface area contributed by atoms with Gasteiger partial charge in [0.15, 0.2) is 0 Å². The molecule has 4 nitrogen and oxygen atoms in total. The van der Waals surface area contributed by atoms with E-state index in [0.717, 1.165) is 16.0 Å². The summed E-state index contributed by atoms with van der Waals surface area (Å²) in [6.45, 7) is 4.71. The fraction of sp³-hybridized carbons (Fsp3) is 0.353. The minimum atomic E-state index is -0.221. The quantitative estimate of drug-likeness (QED) is 0.834. The lowest BCUT2D eigenvalue weighted by molar-refractivity contribution is -0.140. The number of thioether (sulfide) groups is 1. The van der Waals surface area contributed by atoms with Crippen molar-refractivity contribution in [1.29, 1.82) is 0 Å². The van der Waals surface area contributed by atoms with Crippen molar-refractivity contribution in [3.63, 3.8) is 0 Å². The first-order valence-electron chi connectivity index (χ1n) is 7.23. The Kier molecular flexibility index (Phi) is 5.55. The number of esters is 1. The summed E-state index contributed by atoms with van der Waals surface area (Å²) < 4.78 is 4.67. The number of methoxy groups -OCH3 is 1. The summed E-state index contributed by atoms with van der Waals surface area (Å²) in [6.07, 6.45) is 4.29.